The number of likely N-dealkylation sites (tertiary alicyclic amines) is 1. The molecular formula is C13H15NO3. The molecule has 1 aliphatic heterocycles. The largest absolute Gasteiger partial charge is 0.496 e. The number of carbonyl (C=O) groups is 2. The van der Waals surface area contributed by atoms with Gasteiger partial charge in [-0.2, -0.15) is 0 Å². The lowest BCUT2D eigenvalue weighted by Crippen LogP contribution is -2.23. The number of hydrogen-bond acceptors (Lipinski definition) is 3. The maximum absolute atomic E-state index is 11.5. The van der Waals surface area contributed by atoms with Gasteiger partial charge in [-0.1, -0.05) is 6.07 Å². The van der Waals surface area contributed by atoms with E-state index in [-0.39, 0.29) is 5.91 Å². The van der Waals surface area contributed by atoms with Crippen LogP contribution in [0.1, 0.15) is 28.8 Å². The second-order valence-corrected chi connectivity index (χ2v) is 4.11. The predicted molar refractivity (Wildman–Crippen MR) is 63.0 cm³/mol. The highest BCUT2D eigenvalue weighted by Crippen LogP contribution is 2.21. The molecule has 17 heavy (non-hydrogen) atoms. The molecule has 1 fully saturated rings. The highest BCUT2D eigenvalue weighted by atomic mass is 16.5. The lowest BCUT2D eigenvalue weighted by molar-refractivity contribution is -0.128. The third kappa shape index (κ3) is 2.46. The smallest absolute Gasteiger partial charge is 0.222 e. The molecule has 0 bridgehead atoms. The lowest BCUT2D eigenvalue weighted by atomic mass is 10.1. The molecule has 0 saturated carbocycles. The Balaban J connectivity index is 2.16. The third-order valence-electron chi connectivity index (χ3n) is 2.97. The summed E-state index contributed by atoms with van der Waals surface area (Å²) in [5.74, 6) is 0.757. The second-order valence-electron chi connectivity index (χ2n) is 4.11. The summed E-state index contributed by atoms with van der Waals surface area (Å²) in [5.41, 5.74) is 1.52. The Labute approximate surface area is 100 Å². The van der Waals surface area contributed by atoms with Gasteiger partial charge < -0.3 is 9.64 Å². The predicted octanol–water partition coefficient (Wildman–Crippen LogP) is 1.63. The zero-order chi connectivity index (χ0) is 12.3. The Bertz CT molecular complexity index is 442. The van der Waals surface area contributed by atoms with E-state index in [0.29, 0.717) is 24.3 Å². The molecule has 2 rings (SSSR count). The highest BCUT2D eigenvalue weighted by molar-refractivity contribution is 5.80. The number of methoxy groups -OCH3 is 1. The summed E-state index contributed by atoms with van der Waals surface area (Å²) in [6.45, 7) is 1.41. The van der Waals surface area contributed by atoms with Crippen molar-refractivity contribution in [3.8, 4) is 5.75 Å². The molecule has 1 amide bonds. The standard InChI is InChI=1S/C13H15NO3/c1-17-12-7-10(4-5-11(12)9-15)8-14-6-2-3-13(14)16/h4-5,7,9H,2-3,6,8H2,1H3. The van der Waals surface area contributed by atoms with Crippen molar-refractivity contribution in [3.05, 3.63) is 29.3 Å². The van der Waals surface area contributed by atoms with Crippen molar-refractivity contribution in [1.82, 2.24) is 4.90 Å². The molecule has 1 aromatic rings. The zero-order valence-electron chi connectivity index (χ0n) is 9.81. The van der Waals surface area contributed by atoms with Crippen LogP contribution in [0, 0.1) is 0 Å². The van der Waals surface area contributed by atoms with Gasteiger partial charge in [0.2, 0.25) is 5.91 Å². The van der Waals surface area contributed by atoms with Crippen LogP contribution in [0.15, 0.2) is 18.2 Å². The van der Waals surface area contributed by atoms with Gasteiger partial charge in [-0.25, -0.2) is 0 Å². The highest BCUT2D eigenvalue weighted by Gasteiger charge is 2.20. The first kappa shape index (κ1) is 11.6. The van der Waals surface area contributed by atoms with Crippen LogP contribution in [-0.2, 0) is 11.3 Å². The van der Waals surface area contributed by atoms with Crippen LogP contribution >= 0.6 is 0 Å². The monoisotopic (exact) mass is 233 g/mol. The molecule has 0 aliphatic carbocycles. The normalized spacial score (nSPS) is 15.1. The number of benzene rings is 1. The van der Waals surface area contributed by atoms with Gasteiger partial charge in [-0.3, -0.25) is 9.59 Å². The summed E-state index contributed by atoms with van der Waals surface area (Å²) in [6.07, 6.45) is 2.34. The Kier molecular flexibility index (Phi) is 3.42. The minimum Gasteiger partial charge on any atom is -0.496 e. The van der Waals surface area contributed by atoms with Gasteiger partial charge in [0.1, 0.15) is 5.75 Å². The molecule has 4 heteroatoms. The van der Waals surface area contributed by atoms with Crippen molar-refractivity contribution in [2.24, 2.45) is 0 Å². The van der Waals surface area contributed by atoms with Gasteiger partial charge in [-0.05, 0) is 24.1 Å². The number of nitrogens with zero attached hydrogens (tertiary/aromatic N) is 1. The summed E-state index contributed by atoms with van der Waals surface area (Å²) in [6, 6.07) is 5.40. The minimum atomic E-state index is 0.198. The van der Waals surface area contributed by atoms with E-state index in [1.54, 1.807) is 6.07 Å². The van der Waals surface area contributed by atoms with E-state index in [2.05, 4.69) is 0 Å². The van der Waals surface area contributed by atoms with E-state index in [4.69, 9.17) is 4.74 Å². The second kappa shape index (κ2) is 4.99. The average Bonchev–Trinajstić information content (AvgIpc) is 2.75. The first-order valence-corrected chi connectivity index (χ1v) is 5.64. The Morgan fingerprint density at radius 2 is 2.29 bits per heavy atom. The third-order valence-corrected chi connectivity index (χ3v) is 2.97. The van der Waals surface area contributed by atoms with E-state index in [0.717, 1.165) is 24.8 Å². The quantitative estimate of drug-likeness (QED) is 0.742. The fraction of sp³-hybridized carbons (Fsp3) is 0.385. The van der Waals surface area contributed by atoms with E-state index in [9.17, 15) is 9.59 Å². The summed E-state index contributed by atoms with van der Waals surface area (Å²) in [4.78, 5) is 24.1. The molecule has 4 nitrogen and oxygen atoms in total. The van der Waals surface area contributed by atoms with E-state index in [1.807, 2.05) is 17.0 Å². The SMILES string of the molecule is COc1cc(CN2CCCC2=O)ccc1C=O. The van der Waals surface area contributed by atoms with Crippen LogP contribution in [0.5, 0.6) is 5.75 Å². The van der Waals surface area contributed by atoms with Gasteiger partial charge >= 0.3 is 0 Å². The van der Waals surface area contributed by atoms with Gasteiger partial charge in [0, 0.05) is 19.5 Å². The van der Waals surface area contributed by atoms with E-state index in [1.165, 1.54) is 7.11 Å². The first-order chi connectivity index (χ1) is 8.24. The average molecular weight is 233 g/mol. The fourth-order valence-electron chi connectivity index (χ4n) is 2.04. The van der Waals surface area contributed by atoms with Crippen LogP contribution in [0.4, 0.5) is 0 Å². The van der Waals surface area contributed by atoms with Gasteiger partial charge in [0.15, 0.2) is 6.29 Å². The van der Waals surface area contributed by atoms with E-state index < -0.39 is 0 Å². The van der Waals surface area contributed by atoms with Crippen LogP contribution in [0.2, 0.25) is 0 Å². The van der Waals surface area contributed by atoms with Gasteiger partial charge in [0.05, 0.1) is 12.7 Å². The van der Waals surface area contributed by atoms with Crippen molar-refractivity contribution in [2.45, 2.75) is 19.4 Å². The van der Waals surface area contributed by atoms with Crippen molar-refractivity contribution in [2.75, 3.05) is 13.7 Å². The van der Waals surface area contributed by atoms with Crippen LogP contribution in [0.3, 0.4) is 0 Å². The molecule has 1 saturated heterocycles. The summed E-state index contributed by atoms with van der Waals surface area (Å²) in [7, 11) is 1.53. The Hall–Kier alpha value is -1.84. The van der Waals surface area contributed by atoms with Gasteiger partial charge in [-0.15, -0.1) is 0 Å². The molecule has 1 aliphatic rings. The fourth-order valence-corrected chi connectivity index (χ4v) is 2.04. The molecule has 0 aromatic heterocycles. The molecular weight excluding hydrogens is 218 g/mol. The van der Waals surface area contributed by atoms with Crippen molar-refractivity contribution >= 4 is 12.2 Å². The van der Waals surface area contributed by atoms with Crippen molar-refractivity contribution in [3.63, 3.8) is 0 Å². The number of ether oxygens (including phenoxy) is 1. The van der Waals surface area contributed by atoms with Crippen LogP contribution in [-0.4, -0.2) is 30.7 Å². The van der Waals surface area contributed by atoms with E-state index >= 15 is 0 Å². The van der Waals surface area contributed by atoms with Crippen molar-refractivity contribution in [1.29, 1.82) is 0 Å². The summed E-state index contributed by atoms with van der Waals surface area (Å²) >= 11 is 0. The molecule has 0 N–H and O–H groups in total. The maximum atomic E-state index is 11.5. The van der Waals surface area contributed by atoms with Crippen molar-refractivity contribution < 1.29 is 14.3 Å². The molecule has 0 spiro atoms. The lowest BCUT2D eigenvalue weighted by Gasteiger charge is -2.16. The topological polar surface area (TPSA) is 46.6 Å². The molecule has 0 atom stereocenters. The van der Waals surface area contributed by atoms with Crippen LogP contribution in [0.25, 0.3) is 0 Å². The molecule has 0 unspecified atom stereocenters. The Morgan fingerprint density at radius 3 is 2.88 bits per heavy atom. The number of hydrogen-bond donors (Lipinski definition) is 0. The first-order valence-electron chi connectivity index (χ1n) is 5.64. The summed E-state index contributed by atoms with van der Waals surface area (Å²) < 4.78 is 5.13. The van der Waals surface area contributed by atoms with Gasteiger partial charge in [0.25, 0.3) is 0 Å². The number of carbonyl (C=O) groups excluding carboxylic acids is 2. The molecule has 1 aromatic carbocycles. The number of aldehydes is 1. The zero-order valence-corrected chi connectivity index (χ0v) is 9.81. The molecule has 1 heterocycles. The number of rotatable bonds is 4. The number of amides is 1. The van der Waals surface area contributed by atoms with Crippen LogP contribution < -0.4 is 4.74 Å². The summed E-state index contributed by atoms with van der Waals surface area (Å²) in [5, 5.41) is 0. The maximum Gasteiger partial charge on any atom is 0.222 e. The molecule has 90 valence electrons. The Morgan fingerprint density at radius 1 is 1.47 bits per heavy atom. The minimum absolute atomic E-state index is 0.198. The molecule has 0 radical (unpaired) electrons.